The molecule has 2 aliphatic rings. The van der Waals surface area contributed by atoms with Crippen LogP contribution in [0.3, 0.4) is 0 Å². The van der Waals surface area contributed by atoms with Gasteiger partial charge < -0.3 is 19.5 Å². The highest BCUT2D eigenvalue weighted by Gasteiger charge is 2.40. The molecule has 0 aliphatic carbocycles. The minimum absolute atomic E-state index is 0.0159. The van der Waals surface area contributed by atoms with E-state index in [-0.39, 0.29) is 41.7 Å². The van der Waals surface area contributed by atoms with Crippen LogP contribution in [0.15, 0.2) is 95.3 Å². The van der Waals surface area contributed by atoms with E-state index < -0.39 is 24.5 Å². The number of rotatable bonds is 12. The Labute approximate surface area is 295 Å². The number of allylic oxidation sites excluding steroid dienone is 2. The standard InChI is InChI=1S/C37H39Cl2F2N3O5/c1-4-47-35(45)31-23(2)42-24(3)32(33(31)29-7-5-6-8-30(29)49-37(40)41)36(46)48-22-21-43-17-19-44(20-18-43)34(25-9-13-27(38)14-10-25)26-11-15-28(39)16-12-26/h5-16,33-34,37,42H,4,17-22H2,1-3H3. The number of nitrogens with zero attached hydrogens (tertiary/aromatic N) is 2. The zero-order valence-corrected chi connectivity index (χ0v) is 29.1. The molecule has 49 heavy (non-hydrogen) atoms. The molecule has 3 aromatic carbocycles. The second kappa shape index (κ2) is 16.6. The first kappa shape index (κ1) is 36.3. The fourth-order valence-corrected chi connectivity index (χ4v) is 6.72. The Kier molecular flexibility index (Phi) is 12.3. The molecule has 0 radical (unpaired) electrons. The van der Waals surface area contributed by atoms with Crippen LogP contribution in [-0.4, -0.2) is 74.3 Å². The second-order valence-electron chi connectivity index (χ2n) is 11.8. The van der Waals surface area contributed by atoms with E-state index in [2.05, 4.69) is 15.1 Å². The van der Waals surface area contributed by atoms with E-state index >= 15 is 0 Å². The molecule has 0 spiro atoms. The van der Waals surface area contributed by atoms with Crippen molar-refractivity contribution in [1.29, 1.82) is 0 Å². The van der Waals surface area contributed by atoms with Gasteiger partial charge in [0.2, 0.25) is 0 Å². The number of hydrogen-bond acceptors (Lipinski definition) is 8. The monoisotopic (exact) mass is 713 g/mol. The zero-order valence-electron chi connectivity index (χ0n) is 27.6. The molecule has 0 amide bonds. The summed E-state index contributed by atoms with van der Waals surface area (Å²) >= 11 is 12.4. The summed E-state index contributed by atoms with van der Waals surface area (Å²) in [4.78, 5) is 31.6. The number of nitrogens with one attached hydrogen (secondary N) is 1. The highest BCUT2D eigenvalue weighted by Crippen LogP contribution is 2.43. The normalized spacial score (nSPS) is 17.4. The van der Waals surface area contributed by atoms with Crippen LogP contribution >= 0.6 is 23.2 Å². The number of alkyl halides is 2. The Morgan fingerprint density at radius 1 is 0.816 bits per heavy atom. The number of carbonyl (C=O) groups excluding carboxylic acids is 2. The second-order valence-corrected chi connectivity index (χ2v) is 12.7. The Hall–Kier alpha value is -3.96. The van der Waals surface area contributed by atoms with Gasteiger partial charge in [-0.3, -0.25) is 9.80 Å². The molecule has 2 aliphatic heterocycles. The van der Waals surface area contributed by atoms with Crippen LogP contribution < -0.4 is 10.1 Å². The Bertz CT molecular complexity index is 1650. The molecular formula is C37H39Cl2F2N3O5. The first-order valence-corrected chi connectivity index (χ1v) is 16.9. The van der Waals surface area contributed by atoms with Crippen molar-refractivity contribution in [1.82, 2.24) is 15.1 Å². The number of esters is 2. The van der Waals surface area contributed by atoms with Gasteiger partial charge in [-0.15, -0.1) is 0 Å². The summed E-state index contributed by atoms with van der Waals surface area (Å²) in [6.45, 7) is 5.62. The number of dihydropyridines is 1. The molecule has 8 nitrogen and oxygen atoms in total. The Morgan fingerprint density at radius 3 is 1.88 bits per heavy atom. The number of ether oxygens (including phenoxy) is 3. The molecule has 1 fully saturated rings. The molecule has 0 aromatic heterocycles. The van der Waals surface area contributed by atoms with Crippen molar-refractivity contribution in [3.05, 3.63) is 122 Å². The van der Waals surface area contributed by atoms with E-state index in [9.17, 15) is 18.4 Å². The van der Waals surface area contributed by atoms with Crippen LogP contribution in [0.4, 0.5) is 8.78 Å². The van der Waals surface area contributed by atoms with Gasteiger partial charge in [0.25, 0.3) is 0 Å². The van der Waals surface area contributed by atoms with Crippen molar-refractivity contribution in [2.75, 3.05) is 45.9 Å². The van der Waals surface area contributed by atoms with Crippen molar-refractivity contribution < 1.29 is 32.6 Å². The van der Waals surface area contributed by atoms with E-state index in [1.54, 1.807) is 39.0 Å². The quantitative estimate of drug-likeness (QED) is 0.195. The average molecular weight is 715 g/mol. The molecule has 1 atom stereocenters. The highest BCUT2D eigenvalue weighted by atomic mass is 35.5. The van der Waals surface area contributed by atoms with Gasteiger partial charge in [-0.05, 0) is 62.2 Å². The largest absolute Gasteiger partial charge is 0.463 e. The third kappa shape index (κ3) is 8.80. The molecule has 2 heterocycles. The molecule has 12 heteroatoms. The Balaban J connectivity index is 1.28. The average Bonchev–Trinajstić information content (AvgIpc) is 3.07. The van der Waals surface area contributed by atoms with Crippen molar-refractivity contribution >= 4 is 35.1 Å². The molecule has 0 bridgehead atoms. The van der Waals surface area contributed by atoms with Gasteiger partial charge in [-0.25, -0.2) is 9.59 Å². The molecule has 260 valence electrons. The summed E-state index contributed by atoms with van der Waals surface area (Å²) < 4.78 is 42.8. The zero-order chi connectivity index (χ0) is 35.1. The van der Waals surface area contributed by atoms with Gasteiger partial charge in [0.15, 0.2) is 0 Å². The van der Waals surface area contributed by atoms with Gasteiger partial charge >= 0.3 is 18.6 Å². The summed E-state index contributed by atoms with van der Waals surface area (Å²) in [5.74, 6) is -2.54. The summed E-state index contributed by atoms with van der Waals surface area (Å²) in [7, 11) is 0. The van der Waals surface area contributed by atoms with Crippen molar-refractivity contribution in [2.24, 2.45) is 0 Å². The van der Waals surface area contributed by atoms with Crippen LogP contribution in [-0.2, 0) is 19.1 Å². The molecule has 3 aromatic rings. The smallest absolute Gasteiger partial charge is 0.387 e. The third-order valence-corrected chi connectivity index (χ3v) is 9.21. The lowest BCUT2D eigenvalue weighted by atomic mass is 9.80. The maximum Gasteiger partial charge on any atom is 0.387 e. The number of para-hydroxylation sites is 1. The number of hydrogen-bond donors (Lipinski definition) is 1. The van der Waals surface area contributed by atoms with Crippen LogP contribution in [0, 0.1) is 0 Å². The SMILES string of the molecule is CCOC(=O)C1=C(C)NC(C)=C(C(=O)OCCN2CCN(C(c3ccc(Cl)cc3)c3ccc(Cl)cc3)CC2)C1c1ccccc1OC(F)F. The topological polar surface area (TPSA) is 80.3 Å². The van der Waals surface area contributed by atoms with Crippen LogP contribution in [0.5, 0.6) is 5.75 Å². The first-order chi connectivity index (χ1) is 23.6. The summed E-state index contributed by atoms with van der Waals surface area (Å²) in [5, 5.41) is 4.43. The van der Waals surface area contributed by atoms with Gasteiger partial charge in [0, 0.05) is 59.7 Å². The molecule has 1 unspecified atom stereocenters. The van der Waals surface area contributed by atoms with Crippen LogP contribution in [0.2, 0.25) is 10.0 Å². The highest BCUT2D eigenvalue weighted by molar-refractivity contribution is 6.30. The minimum atomic E-state index is -3.10. The lowest BCUT2D eigenvalue weighted by Gasteiger charge is -2.39. The van der Waals surface area contributed by atoms with Crippen molar-refractivity contribution in [2.45, 2.75) is 39.3 Å². The number of halogens is 4. The van der Waals surface area contributed by atoms with Gasteiger partial charge in [-0.1, -0.05) is 65.7 Å². The molecule has 1 N–H and O–H groups in total. The van der Waals surface area contributed by atoms with E-state index in [0.29, 0.717) is 28.0 Å². The van der Waals surface area contributed by atoms with E-state index in [1.807, 2.05) is 48.5 Å². The van der Waals surface area contributed by atoms with Gasteiger partial charge in [0.05, 0.1) is 29.7 Å². The number of carbonyl (C=O) groups is 2. The summed E-state index contributed by atoms with van der Waals surface area (Å²) in [6, 6.07) is 21.9. The molecular weight excluding hydrogens is 675 g/mol. The lowest BCUT2D eigenvalue weighted by Crippen LogP contribution is -2.48. The van der Waals surface area contributed by atoms with Crippen molar-refractivity contribution in [3.63, 3.8) is 0 Å². The fraction of sp³-hybridized carbons (Fsp3) is 0.351. The molecule has 0 saturated carbocycles. The van der Waals surface area contributed by atoms with E-state index in [1.165, 1.54) is 6.07 Å². The summed E-state index contributed by atoms with van der Waals surface area (Å²) in [6.07, 6.45) is 0. The summed E-state index contributed by atoms with van der Waals surface area (Å²) in [5.41, 5.74) is 3.61. The predicted molar refractivity (Wildman–Crippen MR) is 185 cm³/mol. The first-order valence-electron chi connectivity index (χ1n) is 16.1. The minimum Gasteiger partial charge on any atom is -0.463 e. The van der Waals surface area contributed by atoms with Gasteiger partial charge in [-0.2, -0.15) is 8.78 Å². The third-order valence-electron chi connectivity index (χ3n) is 8.71. The number of piperazine rings is 1. The van der Waals surface area contributed by atoms with E-state index in [4.69, 9.17) is 37.4 Å². The van der Waals surface area contributed by atoms with Crippen LogP contribution in [0.25, 0.3) is 0 Å². The maximum atomic E-state index is 13.8. The lowest BCUT2D eigenvalue weighted by molar-refractivity contribution is -0.140. The molecule has 1 saturated heterocycles. The number of benzene rings is 3. The predicted octanol–water partition coefficient (Wildman–Crippen LogP) is 7.34. The van der Waals surface area contributed by atoms with E-state index in [0.717, 1.165) is 37.3 Å². The fourth-order valence-electron chi connectivity index (χ4n) is 6.47. The maximum absolute atomic E-state index is 13.8. The van der Waals surface area contributed by atoms with Gasteiger partial charge in [0.1, 0.15) is 12.4 Å². The van der Waals surface area contributed by atoms with Crippen molar-refractivity contribution in [3.8, 4) is 5.75 Å². The Morgan fingerprint density at radius 2 is 1.35 bits per heavy atom. The van der Waals surface area contributed by atoms with Crippen LogP contribution in [0.1, 0.15) is 49.4 Å². The molecule has 5 rings (SSSR count).